The van der Waals surface area contributed by atoms with Crippen molar-refractivity contribution in [3.05, 3.63) is 47.7 Å². The van der Waals surface area contributed by atoms with E-state index >= 15 is 0 Å². The topological polar surface area (TPSA) is 98.0 Å². The Morgan fingerprint density at radius 1 is 1.32 bits per heavy atom. The molecule has 0 amide bonds. The van der Waals surface area contributed by atoms with Crippen molar-refractivity contribution < 1.29 is 8.42 Å². The molecule has 0 atom stereocenters. The minimum Gasteiger partial charge on any atom is -0.326 e. The second-order valence-electron chi connectivity index (χ2n) is 4.01. The van der Waals surface area contributed by atoms with Crippen LogP contribution in [0.1, 0.15) is 11.1 Å². The number of hydrogen-bond acceptors (Lipinski definition) is 5. The Morgan fingerprint density at radius 2 is 2.11 bits per heavy atom. The van der Waals surface area contributed by atoms with E-state index in [9.17, 15) is 8.42 Å². The summed E-state index contributed by atoms with van der Waals surface area (Å²) in [6.45, 7) is 2.20. The summed E-state index contributed by atoms with van der Waals surface area (Å²) < 4.78 is 26.7. The van der Waals surface area contributed by atoms with Gasteiger partial charge in [-0.05, 0) is 42.3 Å². The summed E-state index contributed by atoms with van der Waals surface area (Å²) in [5.74, 6) is 0.183. The first-order valence-electron chi connectivity index (χ1n) is 5.63. The van der Waals surface area contributed by atoms with Gasteiger partial charge in [0.2, 0.25) is 0 Å². The molecule has 0 fully saturated rings. The summed E-state index contributed by atoms with van der Waals surface area (Å²) in [5, 5.41) is 7.30. The summed E-state index contributed by atoms with van der Waals surface area (Å²) in [7, 11) is -3.65. The molecule has 2 rings (SSSR count). The fourth-order valence-corrected chi connectivity index (χ4v) is 2.70. The summed E-state index contributed by atoms with van der Waals surface area (Å²) in [6, 6.07) is 7.95. The standard InChI is InChI=1S/C12H14N4O2S/c1-9-7-11(5-4-10(9)8-13)19(17,18)16-12-3-2-6-14-15-12/h2-7H,8,13H2,1H3,(H,15,16). The van der Waals surface area contributed by atoms with Gasteiger partial charge in [-0.2, -0.15) is 5.10 Å². The van der Waals surface area contributed by atoms with Crippen LogP contribution in [0.3, 0.4) is 0 Å². The lowest BCUT2D eigenvalue weighted by Gasteiger charge is -2.09. The Hall–Kier alpha value is -1.99. The van der Waals surface area contributed by atoms with Gasteiger partial charge in [0.1, 0.15) is 0 Å². The van der Waals surface area contributed by atoms with Crippen LogP contribution in [-0.4, -0.2) is 18.6 Å². The van der Waals surface area contributed by atoms with Gasteiger partial charge in [0, 0.05) is 12.7 Å². The maximum Gasteiger partial charge on any atom is 0.263 e. The van der Waals surface area contributed by atoms with E-state index in [1.807, 2.05) is 6.92 Å². The van der Waals surface area contributed by atoms with Gasteiger partial charge in [0.15, 0.2) is 5.82 Å². The van der Waals surface area contributed by atoms with E-state index < -0.39 is 10.0 Å². The molecule has 0 unspecified atom stereocenters. The van der Waals surface area contributed by atoms with Gasteiger partial charge in [0.05, 0.1) is 4.90 Å². The molecule has 3 N–H and O–H groups in total. The maximum atomic E-state index is 12.1. The predicted molar refractivity (Wildman–Crippen MR) is 71.9 cm³/mol. The van der Waals surface area contributed by atoms with Crippen molar-refractivity contribution in [2.45, 2.75) is 18.4 Å². The Balaban J connectivity index is 2.32. The van der Waals surface area contributed by atoms with Crippen LogP contribution in [0, 0.1) is 6.92 Å². The van der Waals surface area contributed by atoms with E-state index in [0.717, 1.165) is 11.1 Å². The van der Waals surface area contributed by atoms with Crippen LogP contribution in [0.5, 0.6) is 0 Å². The van der Waals surface area contributed by atoms with E-state index in [0.29, 0.717) is 6.54 Å². The third-order valence-corrected chi connectivity index (χ3v) is 4.01. The van der Waals surface area contributed by atoms with Crippen molar-refractivity contribution in [1.82, 2.24) is 10.2 Å². The summed E-state index contributed by atoms with van der Waals surface area (Å²) in [5.41, 5.74) is 7.30. The quantitative estimate of drug-likeness (QED) is 0.871. The fraction of sp³-hybridized carbons (Fsp3) is 0.167. The molecule has 0 spiro atoms. The van der Waals surface area contributed by atoms with Crippen molar-refractivity contribution in [2.24, 2.45) is 5.73 Å². The Labute approximate surface area is 111 Å². The molecule has 1 heterocycles. The zero-order chi connectivity index (χ0) is 13.9. The number of aromatic nitrogens is 2. The molecule has 0 radical (unpaired) electrons. The predicted octanol–water partition coefficient (Wildman–Crippen LogP) is 1.04. The highest BCUT2D eigenvalue weighted by Crippen LogP contribution is 2.17. The molecule has 0 aliphatic rings. The van der Waals surface area contributed by atoms with Crippen molar-refractivity contribution >= 4 is 15.8 Å². The highest BCUT2D eigenvalue weighted by atomic mass is 32.2. The summed E-state index contributed by atoms with van der Waals surface area (Å²) in [6.07, 6.45) is 1.47. The number of aryl methyl sites for hydroxylation is 1. The minimum atomic E-state index is -3.65. The molecular weight excluding hydrogens is 264 g/mol. The number of rotatable bonds is 4. The first-order valence-corrected chi connectivity index (χ1v) is 7.11. The second-order valence-corrected chi connectivity index (χ2v) is 5.69. The van der Waals surface area contributed by atoms with E-state index in [1.165, 1.54) is 18.3 Å². The third kappa shape index (κ3) is 3.07. The van der Waals surface area contributed by atoms with Crippen LogP contribution >= 0.6 is 0 Å². The lowest BCUT2D eigenvalue weighted by Crippen LogP contribution is -2.14. The largest absolute Gasteiger partial charge is 0.326 e. The molecule has 2 aromatic rings. The lowest BCUT2D eigenvalue weighted by atomic mass is 10.1. The van der Waals surface area contributed by atoms with Gasteiger partial charge in [-0.15, -0.1) is 5.10 Å². The molecule has 0 aliphatic carbocycles. The lowest BCUT2D eigenvalue weighted by molar-refractivity contribution is 0.600. The zero-order valence-corrected chi connectivity index (χ0v) is 11.2. The maximum absolute atomic E-state index is 12.1. The highest BCUT2D eigenvalue weighted by molar-refractivity contribution is 7.92. The van der Waals surface area contributed by atoms with Crippen LogP contribution in [-0.2, 0) is 16.6 Å². The summed E-state index contributed by atoms with van der Waals surface area (Å²) >= 11 is 0. The monoisotopic (exact) mass is 278 g/mol. The molecule has 100 valence electrons. The van der Waals surface area contributed by atoms with Crippen LogP contribution in [0.4, 0.5) is 5.82 Å². The number of nitrogens with two attached hydrogens (primary N) is 1. The number of anilines is 1. The third-order valence-electron chi connectivity index (χ3n) is 2.66. The molecule has 0 aliphatic heterocycles. The van der Waals surface area contributed by atoms with Crippen molar-refractivity contribution in [3.8, 4) is 0 Å². The molecule has 6 nitrogen and oxygen atoms in total. The van der Waals surface area contributed by atoms with E-state index in [-0.39, 0.29) is 10.7 Å². The van der Waals surface area contributed by atoms with Crippen LogP contribution in [0.25, 0.3) is 0 Å². The minimum absolute atomic E-state index is 0.174. The second kappa shape index (κ2) is 5.33. The van der Waals surface area contributed by atoms with Gasteiger partial charge in [-0.1, -0.05) is 6.07 Å². The first-order chi connectivity index (χ1) is 9.03. The Morgan fingerprint density at radius 3 is 2.68 bits per heavy atom. The number of nitrogens with zero attached hydrogens (tertiary/aromatic N) is 2. The number of hydrogen-bond donors (Lipinski definition) is 2. The molecule has 0 saturated carbocycles. The summed E-state index contributed by atoms with van der Waals surface area (Å²) in [4.78, 5) is 0.174. The zero-order valence-electron chi connectivity index (χ0n) is 10.4. The fourth-order valence-electron chi connectivity index (χ4n) is 1.62. The molecular formula is C12H14N4O2S. The van der Waals surface area contributed by atoms with Gasteiger partial charge >= 0.3 is 0 Å². The average molecular weight is 278 g/mol. The Kier molecular flexibility index (Phi) is 3.77. The molecule has 1 aromatic carbocycles. The van der Waals surface area contributed by atoms with Gasteiger partial charge in [0.25, 0.3) is 10.0 Å². The van der Waals surface area contributed by atoms with Crippen LogP contribution in [0.15, 0.2) is 41.4 Å². The van der Waals surface area contributed by atoms with Crippen molar-refractivity contribution in [1.29, 1.82) is 0 Å². The molecule has 1 aromatic heterocycles. The van der Waals surface area contributed by atoms with Crippen molar-refractivity contribution in [3.63, 3.8) is 0 Å². The van der Waals surface area contributed by atoms with Gasteiger partial charge in [-0.25, -0.2) is 8.42 Å². The molecule has 0 saturated heterocycles. The number of nitrogens with one attached hydrogen (secondary N) is 1. The normalized spacial score (nSPS) is 11.3. The van der Waals surface area contributed by atoms with E-state index in [4.69, 9.17) is 5.73 Å². The van der Waals surface area contributed by atoms with Gasteiger partial charge in [-0.3, -0.25) is 4.72 Å². The average Bonchev–Trinajstić information content (AvgIpc) is 2.39. The number of benzene rings is 1. The molecule has 7 heteroatoms. The Bertz CT molecular complexity index is 671. The first kappa shape index (κ1) is 13.4. The number of sulfonamides is 1. The van der Waals surface area contributed by atoms with Crippen molar-refractivity contribution in [2.75, 3.05) is 4.72 Å². The highest BCUT2D eigenvalue weighted by Gasteiger charge is 2.15. The van der Waals surface area contributed by atoms with Gasteiger partial charge < -0.3 is 5.73 Å². The van der Waals surface area contributed by atoms with Crippen LogP contribution in [0.2, 0.25) is 0 Å². The smallest absolute Gasteiger partial charge is 0.263 e. The molecule has 19 heavy (non-hydrogen) atoms. The van der Waals surface area contributed by atoms with E-state index in [2.05, 4.69) is 14.9 Å². The van der Waals surface area contributed by atoms with Crippen LogP contribution < -0.4 is 10.5 Å². The van der Waals surface area contributed by atoms with E-state index in [1.54, 1.807) is 18.2 Å². The SMILES string of the molecule is Cc1cc(S(=O)(=O)Nc2cccnn2)ccc1CN. The molecule has 0 bridgehead atoms.